The fraction of sp³-hybridized carbons (Fsp3) is 0.846. The van der Waals surface area contributed by atoms with E-state index in [4.69, 9.17) is 10.8 Å². The summed E-state index contributed by atoms with van der Waals surface area (Å²) in [5, 5.41) is 12.0. The number of allylic oxidation sites excluding steroid dienone is 1. The van der Waals surface area contributed by atoms with Gasteiger partial charge < -0.3 is 9.53 Å². The summed E-state index contributed by atoms with van der Waals surface area (Å²) < 4.78 is 6.84. The van der Waals surface area contributed by atoms with Gasteiger partial charge in [0.25, 0.3) is 0 Å². The maximum absolute atomic E-state index is 11.7. The molecule has 2 saturated carbocycles. The molecule has 0 saturated heterocycles. The summed E-state index contributed by atoms with van der Waals surface area (Å²) >= 11 is 0. The second kappa shape index (κ2) is 7.85. The maximum atomic E-state index is 11.7. The summed E-state index contributed by atoms with van der Waals surface area (Å²) in [5.74, 6) is 4.41. The van der Waals surface area contributed by atoms with Crippen molar-refractivity contribution < 1.29 is 9.53 Å². The molecule has 0 aromatic carbocycles. The lowest BCUT2D eigenvalue weighted by Crippen LogP contribution is -2.57. The highest BCUT2D eigenvalue weighted by atomic mass is 28.4. The van der Waals surface area contributed by atoms with E-state index in [1.807, 2.05) is 0 Å². The average Bonchev–Trinajstić information content (AvgIpc) is 2.62. The van der Waals surface area contributed by atoms with Crippen molar-refractivity contribution in [2.45, 2.75) is 116 Å². The average molecular weight is 417 g/mol. The van der Waals surface area contributed by atoms with Crippen LogP contribution in [-0.2, 0) is 4.43 Å². The van der Waals surface area contributed by atoms with Gasteiger partial charge in [0.15, 0.2) is 8.32 Å². The van der Waals surface area contributed by atoms with Gasteiger partial charge in [-0.15, -0.1) is 12.3 Å². The largest absolute Gasteiger partial charge is 0.414 e. The van der Waals surface area contributed by atoms with E-state index in [9.17, 15) is 5.11 Å². The normalized spacial score (nSPS) is 40.4. The molecule has 3 heteroatoms. The van der Waals surface area contributed by atoms with Crippen LogP contribution in [0.15, 0.2) is 11.6 Å². The van der Waals surface area contributed by atoms with Crippen LogP contribution >= 0.6 is 0 Å². The van der Waals surface area contributed by atoms with Crippen LogP contribution in [0.4, 0.5) is 0 Å². The van der Waals surface area contributed by atoms with Crippen LogP contribution < -0.4 is 0 Å². The SMILES string of the molecule is C#CCC[C@@]1(O)C(C)=CC[C@H]2[C@H]1CC[C@@H]1C[C@@H](O[Si](C)(C)C(C)(C)C)CC[C@@]12C. The van der Waals surface area contributed by atoms with E-state index in [2.05, 4.69) is 59.7 Å². The Morgan fingerprint density at radius 2 is 1.93 bits per heavy atom. The molecule has 2 fully saturated rings. The van der Waals surface area contributed by atoms with Gasteiger partial charge >= 0.3 is 0 Å². The van der Waals surface area contributed by atoms with Gasteiger partial charge in [0.1, 0.15) is 0 Å². The monoisotopic (exact) mass is 416 g/mol. The standard InChI is InChI=1S/C26H44O2Si/c1-9-10-16-26(27)19(2)11-13-22-23(26)14-12-20-18-21(15-17-25(20,22)6)28-29(7,8)24(3,4)5/h1,11,20-23,27H,10,12-18H2,2-8H3/t20-,21+,22+,23-,25+,26-/m1/s1. The predicted molar refractivity (Wildman–Crippen MR) is 125 cm³/mol. The molecule has 6 atom stereocenters. The van der Waals surface area contributed by atoms with Crippen molar-refractivity contribution in [2.24, 2.45) is 23.2 Å². The van der Waals surface area contributed by atoms with Crippen molar-refractivity contribution in [1.82, 2.24) is 0 Å². The van der Waals surface area contributed by atoms with Gasteiger partial charge in [-0.2, -0.15) is 0 Å². The minimum atomic E-state index is -1.72. The second-order valence-corrected chi connectivity index (χ2v) is 16.8. The summed E-state index contributed by atoms with van der Waals surface area (Å²) in [4.78, 5) is 0. The summed E-state index contributed by atoms with van der Waals surface area (Å²) in [6.07, 6.45) is 16.8. The van der Waals surface area contributed by atoms with Crippen LogP contribution in [0.2, 0.25) is 18.1 Å². The fourth-order valence-electron chi connectivity index (χ4n) is 6.48. The van der Waals surface area contributed by atoms with Gasteiger partial charge in [-0.25, -0.2) is 0 Å². The van der Waals surface area contributed by atoms with E-state index in [1.54, 1.807) is 0 Å². The van der Waals surface area contributed by atoms with Crippen LogP contribution in [0.3, 0.4) is 0 Å². The number of fused-ring (bicyclic) bond motifs is 3. The molecule has 0 aromatic rings. The van der Waals surface area contributed by atoms with E-state index >= 15 is 0 Å². The molecule has 3 aliphatic rings. The zero-order valence-corrected chi connectivity index (χ0v) is 21.0. The molecule has 0 aliphatic heterocycles. The molecule has 1 N–H and O–H groups in total. The summed E-state index contributed by atoms with van der Waals surface area (Å²) in [7, 11) is -1.72. The molecule has 0 spiro atoms. The van der Waals surface area contributed by atoms with Gasteiger partial charge in [-0.05, 0) is 98.7 Å². The van der Waals surface area contributed by atoms with Gasteiger partial charge in [0.05, 0.1) is 5.60 Å². The van der Waals surface area contributed by atoms with E-state index in [0.29, 0.717) is 36.2 Å². The van der Waals surface area contributed by atoms with E-state index in [1.165, 1.54) is 25.7 Å². The van der Waals surface area contributed by atoms with Crippen molar-refractivity contribution in [1.29, 1.82) is 0 Å². The number of aliphatic hydroxyl groups is 1. The smallest absolute Gasteiger partial charge is 0.192 e. The minimum Gasteiger partial charge on any atom is -0.414 e. The first-order valence-electron chi connectivity index (χ1n) is 11.9. The Kier molecular flexibility index (Phi) is 6.25. The zero-order valence-electron chi connectivity index (χ0n) is 20.0. The molecule has 0 amide bonds. The Balaban J connectivity index is 1.77. The van der Waals surface area contributed by atoms with Crippen molar-refractivity contribution in [3.8, 4) is 12.3 Å². The first-order valence-corrected chi connectivity index (χ1v) is 14.8. The molecule has 2 nitrogen and oxygen atoms in total. The molecule has 0 aromatic heterocycles. The van der Waals surface area contributed by atoms with Crippen molar-refractivity contribution in [2.75, 3.05) is 0 Å². The molecule has 0 radical (unpaired) electrons. The molecular weight excluding hydrogens is 372 g/mol. The Hall–Kier alpha value is -0.563. The zero-order chi connectivity index (χ0) is 21.7. The molecule has 3 rings (SSSR count). The molecule has 29 heavy (non-hydrogen) atoms. The third-order valence-electron chi connectivity index (χ3n) is 9.54. The first-order chi connectivity index (χ1) is 13.3. The van der Waals surface area contributed by atoms with Crippen LogP contribution in [0.1, 0.15) is 86.0 Å². The highest BCUT2D eigenvalue weighted by Crippen LogP contribution is 2.61. The summed E-state index contributed by atoms with van der Waals surface area (Å²) in [6, 6.07) is 0. The van der Waals surface area contributed by atoms with Crippen LogP contribution in [-0.4, -0.2) is 25.1 Å². The number of rotatable bonds is 4. The van der Waals surface area contributed by atoms with E-state index in [0.717, 1.165) is 24.3 Å². The number of terminal acetylenes is 1. The second-order valence-electron chi connectivity index (χ2n) is 12.0. The molecule has 3 aliphatic carbocycles. The highest BCUT2D eigenvalue weighted by molar-refractivity contribution is 6.74. The van der Waals surface area contributed by atoms with Gasteiger partial charge in [-0.1, -0.05) is 33.8 Å². The van der Waals surface area contributed by atoms with Crippen LogP contribution in [0, 0.1) is 35.5 Å². The lowest BCUT2D eigenvalue weighted by atomic mass is 9.47. The lowest BCUT2D eigenvalue weighted by Gasteiger charge is -2.60. The lowest BCUT2D eigenvalue weighted by molar-refractivity contribution is -0.129. The first kappa shape index (κ1) is 23.1. The van der Waals surface area contributed by atoms with Crippen molar-refractivity contribution in [3.05, 3.63) is 11.6 Å². The third kappa shape index (κ3) is 4.02. The van der Waals surface area contributed by atoms with Crippen LogP contribution in [0.5, 0.6) is 0 Å². The van der Waals surface area contributed by atoms with Gasteiger partial charge in [0, 0.05) is 12.5 Å². The predicted octanol–water partition coefficient (Wildman–Crippen LogP) is 6.70. The van der Waals surface area contributed by atoms with Crippen molar-refractivity contribution >= 4 is 8.32 Å². The molecule has 0 bridgehead atoms. The molecule has 0 heterocycles. The van der Waals surface area contributed by atoms with Gasteiger partial charge in [0.2, 0.25) is 0 Å². The van der Waals surface area contributed by atoms with E-state index < -0.39 is 13.9 Å². The summed E-state index contributed by atoms with van der Waals surface area (Å²) in [6.45, 7) is 16.4. The number of hydrogen-bond donors (Lipinski definition) is 1. The Morgan fingerprint density at radius 1 is 1.24 bits per heavy atom. The topological polar surface area (TPSA) is 29.5 Å². The Labute approximate surface area is 181 Å². The fourth-order valence-corrected chi connectivity index (χ4v) is 7.88. The third-order valence-corrected chi connectivity index (χ3v) is 14.1. The van der Waals surface area contributed by atoms with Crippen molar-refractivity contribution in [3.63, 3.8) is 0 Å². The highest BCUT2D eigenvalue weighted by Gasteiger charge is 2.57. The van der Waals surface area contributed by atoms with Crippen LogP contribution in [0.25, 0.3) is 0 Å². The van der Waals surface area contributed by atoms with E-state index in [-0.39, 0.29) is 5.04 Å². The summed E-state index contributed by atoms with van der Waals surface area (Å²) in [5.41, 5.74) is 0.779. The maximum Gasteiger partial charge on any atom is 0.192 e. The molecule has 0 unspecified atom stereocenters. The number of hydrogen-bond acceptors (Lipinski definition) is 2. The minimum absolute atomic E-state index is 0.268. The quantitative estimate of drug-likeness (QED) is 0.314. The molecular formula is C26H44O2Si. The molecule has 164 valence electrons. The Bertz CT molecular complexity index is 682. The Morgan fingerprint density at radius 3 is 2.55 bits per heavy atom. The van der Waals surface area contributed by atoms with Gasteiger partial charge in [-0.3, -0.25) is 0 Å².